The third-order valence-corrected chi connectivity index (χ3v) is 9.59. The van der Waals surface area contributed by atoms with Gasteiger partial charge in [-0.3, -0.25) is 0 Å². The first-order valence-corrected chi connectivity index (χ1v) is 20.2. The predicted molar refractivity (Wildman–Crippen MR) is 197 cm³/mol. The van der Waals surface area contributed by atoms with Gasteiger partial charge in [0.25, 0.3) is 0 Å². The molecule has 1 heteroatoms. The van der Waals surface area contributed by atoms with E-state index < -0.39 is 0 Å². The molecule has 43 heavy (non-hydrogen) atoms. The molecule has 256 valence electrons. The van der Waals surface area contributed by atoms with Gasteiger partial charge < -0.3 is 5.11 Å². The van der Waals surface area contributed by atoms with E-state index in [9.17, 15) is 5.11 Å². The van der Waals surface area contributed by atoms with Gasteiger partial charge in [0.15, 0.2) is 0 Å². The first-order valence-electron chi connectivity index (χ1n) is 20.2. The average molecular weight is 603 g/mol. The maximum atomic E-state index is 10.3. The second kappa shape index (κ2) is 39.5. The van der Waals surface area contributed by atoms with Crippen molar-refractivity contribution in [2.75, 3.05) is 0 Å². The van der Waals surface area contributed by atoms with E-state index in [1.807, 2.05) is 0 Å². The maximum Gasteiger partial charge on any atom is 0.0540 e. The summed E-state index contributed by atoms with van der Waals surface area (Å²) < 4.78 is 0. The Bertz CT molecular complexity index is 523. The highest BCUT2D eigenvalue weighted by Crippen LogP contribution is 2.17. The van der Waals surface area contributed by atoms with Crippen molar-refractivity contribution >= 4 is 0 Å². The number of aliphatic hydroxyl groups excluding tert-OH is 1. The van der Waals surface area contributed by atoms with Gasteiger partial charge in [-0.25, -0.2) is 0 Å². The van der Waals surface area contributed by atoms with Crippen LogP contribution in [0.4, 0.5) is 0 Å². The van der Waals surface area contributed by atoms with Crippen LogP contribution in [0.3, 0.4) is 0 Å². The second-order valence-electron chi connectivity index (χ2n) is 14.0. The summed E-state index contributed by atoms with van der Waals surface area (Å²) in [4.78, 5) is 0. The van der Waals surface area contributed by atoms with Crippen LogP contribution in [0.2, 0.25) is 0 Å². The zero-order valence-corrected chi connectivity index (χ0v) is 29.9. The summed E-state index contributed by atoms with van der Waals surface area (Å²) in [7, 11) is 0. The largest absolute Gasteiger partial charge is 0.393 e. The summed E-state index contributed by atoms with van der Waals surface area (Å²) in [6.07, 6.45) is 56.1. The van der Waals surface area contributed by atoms with Crippen molar-refractivity contribution < 1.29 is 5.11 Å². The lowest BCUT2D eigenvalue weighted by atomic mass is 10.0. The molecule has 0 amide bonds. The van der Waals surface area contributed by atoms with Crippen molar-refractivity contribution in [3.05, 3.63) is 24.8 Å². The minimum Gasteiger partial charge on any atom is -0.393 e. The van der Waals surface area contributed by atoms with E-state index in [4.69, 9.17) is 0 Å². The summed E-state index contributed by atoms with van der Waals surface area (Å²) >= 11 is 0. The van der Waals surface area contributed by atoms with Crippen LogP contribution in [0.1, 0.15) is 238 Å². The zero-order valence-electron chi connectivity index (χ0n) is 29.9. The van der Waals surface area contributed by atoms with Gasteiger partial charge in [-0.1, -0.05) is 211 Å². The van der Waals surface area contributed by atoms with Crippen LogP contribution >= 0.6 is 0 Å². The summed E-state index contributed by atoms with van der Waals surface area (Å²) in [5, 5.41) is 10.3. The molecule has 0 aliphatic heterocycles. The smallest absolute Gasteiger partial charge is 0.0540 e. The molecule has 0 radical (unpaired) electrons. The molecule has 0 spiro atoms. The van der Waals surface area contributed by atoms with E-state index in [2.05, 4.69) is 31.7 Å². The lowest BCUT2D eigenvalue weighted by molar-refractivity contribution is 0.147. The Kier molecular flexibility index (Phi) is 39.0. The number of hydrogen-bond acceptors (Lipinski definition) is 1. The molecule has 1 nitrogen and oxygen atoms in total. The Morgan fingerprint density at radius 1 is 0.372 bits per heavy atom. The fourth-order valence-corrected chi connectivity index (χ4v) is 6.57. The molecule has 1 unspecified atom stereocenters. The van der Waals surface area contributed by atoms with E-state index in [-0.39, 0.29) is 6.10 Å². The second-order valence-corrected chi connectivity index (χ2v) is 14.0. The van der Waals surface area contributed by atoms with Crippen molar-refractivity contribution in [3.8, 4) is 0 Å². The lowest BCUT2D eigenvalue weighted by Crippen LogP contribution is -2.05. The van der Waals surface area contributed by atoms with Crippen molar-refractivity contribution in [2.45, 2.75) is 244 Å². The van der Waals surface area contributed by atoms with Crippen molar-refractivity contribution in [3.63, 3.8) is 0 Å². The SMILES string of the molecule is C=CCCCCCCCCCCCCCCCCCCC(O)CCCCCCCCCCCCCCCCCC/C=C/C. The Morgan fingerprint density at radius 3 is 0.860 bits per heavy atom. The van der Waals surface area contributed by atoms with Crippen LogP contribution in [0.25, 0.3) is 0 Å². The molecule has 0 saturated heterocycles. The summed E-state index contributed by atoms with van der Waals surface area (Å²) in [6, 6.07) is 0. The predicted octanol–water partition coefficient (Wildman–Crippen LogP) is 15.2. The first kappa shape index (κ1) is 42.4. The lowest BCUT2D eigenvalue weighted by Gasteiger charge is -2.10. The van der Waals surface area contributed by atoms with E-state index in [0.29, 0.717) is 0 Å². The van der Waals surface area contributed by atoms with Gasteiger partial charge in [-0.2, -0.15) is 0 Å². The summed E-state index contributed by atoms with van der Waals surface area (Å²) in [6.45, 7) is 5.92. The van der Waals surface area contributed by atoms with E-state index in [1.165, 1.54) is 218 Å². The molecular formula is C42H82O. The van der Waals surface area contributed by atoms with Gasteiger partial charge in [-0.15, -0.1) is 6.58 Å². The molecule has 0 saturated carbocycles. The molecule has 0 rings (SSSR count). The Morgan fingerprint density at radius 2 is 0.605 bits per heavy atom. The zero-order chi connectivity index (χ0) is 31.2. The molecular weight excluding hydrogens is 520 g/mol. The third-order valence-electron chi connectivity index (χ3n) is 9.59. The number of allylic oxidation sites excluding steroid dienone is 3. The molecule has 0 bridgehead atoms. The molecule has 0 aromatic heterocycles. The number of unbranched alkanes of at least 4 members (excludes halogenated alkanes) is 32. The summed E-state index contributed by atoms with van der Waals surface area (Å²) in [5.41, 5.74) is 0. The number of hydrogen-bond donors (Lipinski definition) is 1. The van der Waals surface area contributed by atoms with E-state index >= 15 is 0 Å². The van der Waals surface area contributed by atoms with Crippen molar-refractivity contribution in [1.29, 1.82) is 0 Å². The first-order chi connectivity index (χ1) is 21.3. The fraction of sp³-hybridized carbons (Fsp3) is 0.905. The number of rotatable bonds is 38. The van der Waals surface area contributed by atoms with Gasteiger partial charge in [0.05, 0.1) is 6.10 Å². The van der Waals surface area contributed by atoms with Crippen molar-refractivity contribution in [2.24, 2.45) is 0 Å². The standard InChI is InChI=1S/C42H82O/c1-3-5-7-9-11-13-15-17-19-21-23-25-27-29-31-33-35-37-39-41-42(43)40-38-36-34-32-30-28-26-24-22-20-18-16-14-12-10-8-6-4-2/h3-5,42-43H,2,6-41H2,1H3/b5-3+. The molecule has 0 heterocycles. The molecule has 0 aliphatic carbocycles. The van der Waals surface area contributed by atoms with Crippen LogP contribution in [0.15, 0.2) is 24.8 Å². The number of aliphatic hydroxyl groups is 1. The normalized spacial score (nSPS) is 12.4. The molecule has 0 aromatic carbocycles. The molecule has 1 N–H and O–H groups in total. The van der Waals surface area contributed by atoms with Gasteiger partial charge in [0.2, 0.25) is 0 Å². The van der Waals surface area contributed by atoms with Crippen LogP contribution in [-0.2, 0) is 0 Å². The fourth-order valence-electron chi connectivity index (χ4n) is 6.57. The highest BCUT2D eigenvalue weighted by atomic mass is 16.3. The molecule has 1 atom stereocenters. The molecule has 0 aromatic rings. The van der Waals surface area contributed by atoms with Crippen LogP contribution in [-0.4, -0.2) is 11.2 Å². The Balaban J connectivity index is 3.14. The summed E-state index contributed by atoms with van der Waals surface area (Å²) in [5.74, 6) is 0. The van der Waals surface area contributed by atoms with Crippen molar-refractivity contribution in [1.82, 2.24) is 0 Å². The van der Waals surface area contributed by atoms with Gasteiger partial charge in [-0.05, 0) is 45.4 Å². The highest BCUT2D eigenvalue weighted by molar-refractivity contribution is 4.76. The monoisotopic (exact) mass is 603 g/mol. The van der Waals surface area contributed by atoms with Crippen LogP contribution < -0.4 is 0 Å². The average Bonchev–Trinajstić information content (AvgIpc) is 3.01. The molecule has 0 aliphatic rings. The maximum absolute atomic E-state index is 10.3. The van der Waals surface area contributed by atoms with Crippen LogP contribution in [0, 0.1) is 0 Å². The molecule has 0 fully saturated rings. The van der Waals surface area contributed by atoms with E-state index in [0.717, 1.165) is 12.8 Å². The topological polar surface area (TPSA) is 20.2 Å². The van der Waals surface area contributed by atoms with Crippen LogP contribution in [0.5, 0.6) is 0 Å². The quantitative estimate of drug-likeness (QED) is 0.0550. The van der Waals surface area contributed by atoms with E-state index in [1.54, 1.807) is 0 Å². The van der Waals surface area contributed by atoms with Gasteiger partial charge >= 0.3 is 0 Å². The Labute approximate surface area is 273 Å². The Hall–Kier alpha value is -0.560. The minimum absolute atomic E-state index is 0.0412. The van der Waals surface area contributed by atoms with Gasteiger partial charge in [0, 0.05) is 0 Å². The third kappa shape index (κ3) is 39.4. The minimum atomic E-state index is -0.0412. The highest BCUT2D eigenvalue weighted by Gasteiger charge is 2.04. The van der Waals surface area contributed by atoms with Gasteiger partial charge in [0.1, 0.15) is 0 Å².